The number of aromatic nitrogens is 4. The second kappa shape index (κ2) is 18.4. The van der Waals surface area contributed by atoms with Crippen LogP contribution in [-0.4, -0.2) is 105 Å². The van der Waals surface area contributed by atoms with E-state index in [0.717, 1.165) is 89.6 Å². The summed E-state index contributed by atoms with van der Waals surface area (Å²) < 4.78 is 10.4. The number of carbonyl (C=O) groups is 3. The molecule has 5 heterocycles. The van der Waals surface area contributed by atoms with Crippen LogP contribution in [0.2, 0.25) is 0 Å². The van der Waals surface area contributed by atoms with Crippen LogP contribution in [0, 0.1) is 17.8 Å². The normalized spacial score (nSPS) is 19.1. The maximum absolute atomic E-state index is 14.3. The first kappa shape index (κ1) is 40.5. The fourth-order valence-electron chi connectivity index (χ4n) is 8.56. The number of imidazole rings is 2. The summed E-state index contributed by atoms with van der Waals surface area (Å²) in [6.07, 6.45) is 6.46. The van der Waals surface area contributed by atoms with Gasteiger partial charge >= 0.3 is 6.09 Å². The summed E-state index contributed by atoms with van der Waals surface area (Å²) in [7, 11) is 1.29. The minimum absolute atomic E-state index is 0.101. The molecule has 3 amide bonds. The molecule has 3 aliphatic heterocycles. The van der Waals surface area contributed by atoms with Crippen molar-refractivity contribution in [1.82, 2.24) is 40.0 Å². The predicted octanol–water partition coefficient (Wildman–Crippen LogP) is 6.65. The highest BCUT2D eigenvalue weighted by Crippen LogP contribution is 2.36. The van der Waals surface area contributed by atoms with Crippen molar-refractivity contribution in [3.05, 3.63) is 120 Å². The van der Waals surface area contributed by atoms with E-state index in [1.165, 1.54) is 7.11 Å². The molecule has 3 aromatic carbocycles. The topological polar surface area (TPSA) is 149 Å². The lowest BCUT2D eigenvalue weighted by atomic mass is 10.0. The number of methoxy groups -OCH3 is 1. The van der Waals surface area contributed by atoms with Crippen LogP contribution in [0.25, 0.3) is 22.5 Å². The molecule has 0 spiro atoms. The number of hydrogen-bond donors (Lipinski definition) is 3. The van der Waals surface area contributed by atoms with Crippen LogP contribution >= 0.6 is 0 Å². The smallest absolute Gasteiger partial charge is 0.407 e. The molecular formula is C47H52N8O5. The van der Waals surface area contributed by atoms with E-state index in [-0.39, 0.29) is 35.9 Å². The number of likely N-dealkylation sites (tertiary alicyclic amines) is 2. The third kappa shape index (κ3) is 8.85. The SMILES string of the molecule is COC(=O)NC(C(=O)N1CCCC1c1ncc(-c2ccc(C#Cc3ccc(-c4cnc(C5CCCN5C(=O)C(c5ccccc5)N5CCOCC5)[nH]4)cc3)cc2)[nH]1)C(C)C. The van der Waals surface area contributed by atoms with Crippen LogP contribution in [0.3, 0.4) is 0 Å². The summed E-state index contributed by atoms with van der Waals surface area (Å²) in [5, 5.41) is 2.70. The Balaban J connectivity index is 0.898. The Bertz CT molecular complexity index is 2320. The highest BCUT2D eigenvalue weighted by atomic mass is 16.5. The van der Waals surface area contributed by atoms with Gasteiger partial charge in [0.05, 0.1) is 56.2 Å². The van der Waals surface area contributed by atoms with E-state index < -0.39 is 12.1 Å². The molecule has 3 N–H and O–H groups in total. The fourth-order valence-corrected chi connectivity index (χ4v) is 8.56. The van der Waals surface area contributed by atoms with Gasteiger partial charge in [0.25, 0.3) is 0 Å². The van der Waals surface area contributed by atoms with Gasteiger partial charge in [-0.05, 0) is 72.6 Å². The van der Waals surface area contributed by atoms with E-state index in [0.29, 0.717) is 26.3 Å². The summed E-state index contributed by atoms with van der Waals surface area (Å²) in [6.45, 7) is 7.81. The average molecular weight is 809 g/mol. The molecular weight excluding hydrogens is 757 g/mol. The lowest BCUT2D eigenvalue weighted by molar-refractivity contribution is -0.140. The zero-order valence-corrected chi connectivity index (χ0v) is 34.4. The largest absolute Gasteiger partial charge is 0.453 e. The van der Waals surface area contributed by atoms with Gasteiger partial charge in [0.1, 0.15) is 23.7 Å². The number of amides is 3. The van der Waals surface area contributed by atoms with Crippen molar-refractivity contribution in [1.29, 1.82) is 0 Å². The van der Waals surface area contributed by atoms with Crippen molar-refractivity contribution < 1.29 is 23.9 Å². The number of ether oxygens (including phenoxy) is 2. The van der Waals surface area contributed by atoms with Crippen molar-refractivity contribution in [3.8, 4) is 34.4 Å². The second-order valence-corrected chi connectivity index (χ2v) is 16.0. The Morgan fingerprint density at radius 1 is 0.733 bits per heavy atom. The Morgan fingerprint density at radius 2 is 1.25 bits per heavy atom. The van der Waals surface area contributed by atoms with Crippen LogP contribution in [0.1, 0.15) is 86.0 Å². The second-order valence-electron chi connectivity index (χ2n) is 16.0. The van der Waals surface area contributed by atoms with Crippen LogP contribution in [0.4, 0.5) is 4.79 Å². The number of alkyl carbamates (subject to hydrolysis) is 1. The fraction of sp³-hybridized carbons (Fsp3) is 0.383. The van der Waals surface area contributed by atoms with Gasteiger partial charge in [0, 0.05) is 37.3 Å². The molecule has 0 bridgehead atoms. The highest BCUT2D eigenvalue weighted by molar-refractivity contribution is 5.86. The van der Waals surface area contributed by atoms with E-state index in [2.05, 4.69) is 37.0 Å². The molecule has 4 unspecified atom stereocenters. The van der Waals surface area contributed by atoms with Gasteiger partial charge in [-0.1, -0.05) is 80.3 Å². The molecule has 5 aromatic rings. The third-order valence-electron chi connectivity index (χ3n) is 11.8. The van der Waals surface area contributed by atoms with Crippen LogP contribution in [0.15, 0.2) is 91.3 Å². The van der Waals surface area contributed by atoms with E-state index >= 15 is 0 Å². The summed E-state index contributed by atoms with van der Waals surface area (Å²) in [5.41, 5.74) is 6.49. The van der Waals surface area contributed by atoms with E-state index in [1.807, 2.05) is 109 Å². The number of carbonyl (C=O) groups excluding carboxylic acids is 3. The Morgan fingerprint density at radius 3 is 1.75 bits per heavy atom. The molecule has 13 heteroatoms. The molecule has 310 valence electrons. The van der Waals surface area contributed by atoms with Crippen LogP contribution in [-0.2, 0) is 19.1 Å². The zero-order chi connectivity index (χ0) is 41.6. The number of morpholine rings is 1. The lowest BCUT2D eigenvalue weighted by Crippen LogP contribution is -2.51. The van der Waals surface area contributed by atoms with Crippen molar-refractivity contribution in [3.63, 3.8) is 0 Å². The van der Waals surface area contributed by atoms with Gasteiger partial charge in [0.2, 0.25) is 11.8 Å². The maximum atomic E-state index is 14.3. The molecule has 3 fully saturated rings. The molecule has 8 rings (SSSR count). The first-order chi connectivity index (χ1) is 29.3. The number of hydrogen-bond acceptors (Lipinski definition) is 8. The summed E-state index contributed by atoms with van der Waals surface area (Å²) in [6, 6.07) is 24.8. The third-order valence-corrected chi connectivity index (χ3v) is 11.8. The minimum atomic E-state index is -0.684. The number of benzene rings is 3. The number of rotatable bonds is 10. The minimum Gasteiger partial charge on any atom is -0.453 e. The van der Waals surface area contributed by atoms with Crippen molar-refractivity contribution in [2.45, 2.75) is 63.7 Å². The zero-order valence-electron chi connectivity index (χ0n) is 34.4. The monoisotopic (exact) mass is 808 g/mol. The molecule has 13 nitrogen and oxygen atoms in total. The average Bonchev–Trinajstić information content (AvgIpc) is 4.13. The van der Waals surface area contributed by atoms with Crippen molar-refractivity contribution >= 4 is 17.9 Å². The predicted molar refractivity (Wildman–Crippen MR) is 227 cm³/mol. The first-order valence-corrected chi connectivity index (χ1v) is 20.9. The molecule has 0 aliphatic carbocycles. The molecule has 60 heavy (non-hydrogen) atoms. The van der Waals surface area contributed by atoms with Gasteiger partial charge in [-0.3, -0.25) is 14.5 Å². The molecule has 2 aromatic heterocycles. The van der Waals surface area contributed by atoms with E-state index in [9.17, 15) is 14.4 Å². The van der Waals surface area contributed by atoms with Gasteiger partial charge in [-0.2, -0.15) is 0 Å². The van der Waals surface area contributed by atoms with Gasteiger partial charge in [-0.25, -0.2) is 14.8 Å². The van der Waals surface area contributed by atoms with Crippen molar-refractivity contribution in [2.24, 2.45) is 5.92 Å². The molecule has 3 saturated heterocycles. The summed E-state index contributed by atoms with van der Waals surface area (Å²) >= 11 is 0. The molecule has 0 radical (unpaired) electrons. The van der Waals surface area contributed by atoms with E-state index in [4.69, 9.17) is 14.5 Å². The summed E-state index contributed by atoms with van der Waals surface area (Å²) in [4.78, 5) is 62.2. The number of H-pyrrole nitrogens is 2. The number of aromatic amines is 2. The standard InChI is InChI=1S/C47H52N8O5/c1-31(2)41(52-47(58)59-3)45(56)54-23-7-11-39(54)43-48-29-37(50-43)34-19-15-32(16-20-34)13-14-33-17-21-35(22-18-33)38-30-49-44(51-38)40-12-8-24-55(40)46(57)42(36-9-5-4-6-10-36)53-25-27-60-28-26-53/h4-6,9-10,15-22,29-31,39-42H,7-8,11-12,23-28H2,1-3H3,(H,48,50)(H,49,51)(H,52,58). The Kier molecular flexibility index (Phi) is 12.4. The molecule has 0 saturated carbocycles. The number of nitrogens with one attached hydrogen (secondary N) is 3. The van der Waals surface area contributed by atoms with Crippen LogP contribution in [0.5, 0.6) is 0 Å². The van der Waals surface area contributed by atoms with Gasteiger partial charge in [0.15, 0.2) is 0 Å². The summed E-state index contributed by atoms with van der Waals surface area (Å²) in [5.74, 6) is 7.97. The maximum Gasteiger partial charge on any atom is 0.407 e. The highest BCUT2D eigenvalue weighted by Gasteiger charge is 2.40. The van der Waals surface area contributed by atoms with E-state index in [1.54, 1.807) is 6.20 Å². The number of nitrogens with zero attached hydrogens (tertiary/aromatic N) is 5. The van der Waals surface area contributed by atoms with Gasteiger partial charge < -0.3 is 34.6 Å². The Labute approximate surface area is 350 Å². The first-order valence-electron chi connectivity index (χ1n) is 20.9. The van der Waals surface area contributed by atoms with Crippen molar-refractivity contribution in [2.75, 3.05) is 46.5 Å². The molecule has 4 atom stereocenters. The Hall–Kier alpha value is -6.23. The lowest BCUT2D eigenvalue weighted by Gasteiger charge is -2.37. The van der Waals surface area contributed by atoms with Gasteiger partial charge in [-0.15, -0.1) is 0 Å². The quantitative estimate of drug-likeness (QED) is 0.133. The van der Waals surface area contributed by atoms with Crippen LogP contribution < -0.4 is 5.32 Å². The molecule has 3 aliphatic rings.